The second-order valence-corrected chi connectivity index (χ2v) is 3.08. The monoisotopic (exact) mass is 140 g/mol. The molecule has 0 heterocycles. The second kappa shape index (κ2) is 5.76. The first-order valence-corrected chi connectivity index (χ1v) is 4.82. The summed E-state index contributed by atoms with van der Waals surface area (Å²) in [5, 5.41) is 0. The Labute approximate surface area is 59.0 Å². The third kappa shape index (κ3) is 5.50. The molecule has 0 atom stereocenters. The van der Waals surface area contributed by atoms with Crippen LogP contribution in [0.4, 0.5) is 0 Å². The van der Waals surface area contributed by atoms with Crippen LogP contribution in [0.1, 0.15) is 12.8 Å². The van der Waals surface area contributed by atoms with E-state index in [2.05, 4.69) is 13.1 Å². The third-order valence-electron chi connectivity index (χ3n) is 1.08. The number of rotatable bonds is 5. The van der Waals surface area contributed by atoms with Gasteiger partial charge in [-0.25, -0.2) is 0 Å². The van der Waals surface area contributed by atoms with Gasteiger partial charge < -0.3 is 0 Å². The van der Waals surface area contributed by atoms with E-state index in [4.69, 9.17) is 0 Å². The first kappa shape index (κ1) is 8.63. The van der Waals surface area contributed by atoms with Crippen molar-refractivity contribution in [1.29, 1.82) is 0 Å². The number of carbonyl (C=O) groups excluding carboxylic acids is 1. The highest BCUT2D eigenvalue weighted by Gasteiger charge is 1.92. The molecule has 0 spiro atoms. The molecule has 0 aromatic heterocycles. The van der Waals surface area contributed by atoms with E-state index in [9.17, 15) is 4.79 Å². The Morgan fingerprint density at radius 3 is 2.89 bits per heavy atom. The maximum atomic E-state index is 10.6. The average Bonchev–Trinajstić information content (AvgIpc) is 1.89. The van der Waals surface area contributed by atoms with E-state index in [1.54, 1.807) is 0 Å². The number of hydrogen-bond acceptors (Lipinski definition) is 1. The van der Waals surface area contributed by atoms with Crippen molar-refractivity contribution in [2.24, 2.45) is 0 Å². The van der Waals surface area contributed by atoms with Crippen LogP contribution in [-0.2, 0) is 4.79 Å². The molecule has 0 unspecified atom stereocenters. The van der Waals surface area contributed by atoms with Gasteiger partial charge in [0.15, 0.2) is 5.78 Å². The Bertz CT molecular complexity index is 99.1. The second-order valence-electron chi connectivity index (χ2n) is 1.88. The fraction of sp³-hybridized carbons (Fsp3) is 0.571. The summed E-state index contributed by atoms with van der Waals surface area (Å²) < 4.78 is 0. The number of ketones is 1. The van der Waals surface area contributed by atoms with Gasteiger partial charge in [0, 0.05) is 15.9 Å². The lowest BCUT2D eigenvalue weighted by Gasteiger charge is -1.91. The molecule has 0 aliphatic carbocycles. The highest BCUT2D eigenvalue weighted by Crippen LogP contribution is 1.95. The number of hydrogen-bond donors (Lipinski definition) is 0. The molecule has 0 aliphatic heterocycles. The summed E-state index contributed by atoms with van der Waals surface area (Å²) in [7, 11) is 0.972. The molecule has 2 radical (unpaired) electrons. The Kier molecular flexibility index (Phi) is 5.52. The van der Waals surface area contributed by atoms with E-state index < -0.39 is 0 Å². The molecular formula is C7H12OSi. The first-order chi connectivity index (χ1) is 4.31. The normalized spacial score (nSPS) is 9.00. The highest BCUT2D eigenvalue weighted by atomic mass is 28.2. The zero-order valence-corrected chi connectivity index (χ0v) is 6.81. The van der Waals surface area contributed by atoms with Gasteiger partial charge in [-0.3, -0.25) is 4.79 Å². The van der Waals surface area contributed by atoms with Crippen LogP contribution < -0.4 is 0 Å². The van der Waals surface area contributed by atoms with Crippen LogP contribution in [-0.4, -0.2) is 15.3 Å². The number of allylic oxidation sites excluding steroid dienone is 1. The predicted molar refractivity (Wildman–Crippen MR) is 40.9 cm³/mol. The minimum atomic E-state index is 0.174. The molecule has 0 saturated heterocycles. The fourth-order valence-electron chi connectivity index (χ4n) is 0.541. The maximum Gasteiger partial charge on any atom is 0.155 e. The molecule has 0 aliphatic rings. The van der Waals surface area contributed by atoms with Crippen molar-refractivity contribution in [2.45, 2.75) is 25.4 Å². The van der Waals surface area contributed by atoms with Crippen molar-refractivity contribution in [3.8, 4) is 0 Å². The Hall–Kier alpha value is -0.373. The smallest absolute Gasteiger partial charge is 0.155 e. The van der Waals surface area contributed by atoms with E-state index in [0.29, 0.717) is 6.42 Å². The van der Waals surface area contributed by atoms with Crippen LogP contribution in [0.15, 0.2) is 12.7 Å². The fourth-order valence-corrected chi connectivity index (χ4v) is 1.07. The van der Waals surface area contributed by atoms with Crippen molar-refractivity contribution in [1.82, 2.24) is 0 Å². The molecule has 0 amide bonds. The molecule has 50 valence electrons. The average molecular weight is 140 g/mol. The van der Waals surface area contributed by atoms with Crippen LogP contribution in [0.25, 0.3) is 0 Å². The zero-order chi connectivity index (χ0) is 7.11. The van der Waals surface area contributed by atoms with Gasteiger partial charge in [-0.15, -0.1) is 0 Å². The molecule has 9 heavy (non-hydrogen) atoms. The molecule has 0 N–H and O–H groups in total. The van der Waals surface area contributed by atoms with Gasteiger partial charge >= 0.3 is 0 Å². The maximum absolute atomic E-state index is 10.6. The van der Waals surface area contributed by atoms with Gasteiger partial charge in [-0.05, 0) is 12.5 Å². The van der Waals surface area contributed by atoms with E-state index in [-0.39, 0.29) is 5.78 Å². The van der Waals surface area contributed by atoms with Gasteiger partial charge in [0.1, 0.15) is 0 Å². The van der Waals surface area contributed by atoms with Crippen LogP contribution in [0.3, 0.4) is 0 Å². The van der Waals surface area contributed by atoms with Crippen molar-refractivity contribution in [3.63, 3.8) is 0 Å². The summed E-state index contributed by atoms with van der Waals surface area (Å²) in [4.78, 5) is 10.6. The van der Waals surface area contributed by atoms with Gasteiger partial charge in [0.05, 0.1) is 0 Å². The van der Waals surface area contributed by atoms with Gasteiger partial charge in [0.2, 0.25) is 0 Å². The summed E-state index contributed by atoms with van der Waals surface area (Å²) in [6.07, 6.45) is 3.11. The minimum absolute atomic E-state index is 0.174. The van der Waals surface area contributed by atoms with E-state index in [1.165, 1.54) is 12.1 Å². The molecule has 2 heteroatoms. The Balaban J connectivity index is 3.07. The molecule has 0 aromatic carbocycles. The van der Waals surface area contributed by atoms with Crippen LogP contribution in [0.2, 0.25) is 12.6 Å². The van der Waals surface area contributed by atoms with Gasteiger partial charge in [-0.2, -0.15) is 0 Å². The summed E-state index contributed by atoms with van der Waals surface area (Å²) in [6.45, 7) is 5.54. The topological polar surface area (TPSA) is 17.1 Å². The van der Waals surface area contributed by atoms with Crippen LogP contribution in [0, 0.1) is 0 Å². The van der Waals surface area contributed by atoms with Crippen LogP contribution >= 0.6 is 0 Å². The third-order valence-corrected chi connectivity index (χ3v) is 1.93. The Morgan fingerprint density at radius 1 is 1.78 bits per heavy atom. The summed E-state index contributed by atoms with van der Waals surface area (Å²) >= 11 is 0. The predicted octanol–water partition coefficient (Wildman–Crippen LogP) is 1.69. The van der Waals surface area contributed by atoms with Gasteiger partial charge in [-0.1, -0.05) is 19.2 Å². The minimum Gasteiger partial charge on any atom is -0.295 e. The van der Waals surface area contributed by atoms with E-state index >= 15 is 0 Å². The SMILES string of the molecule is C=CC(=O)CCC[Si]C. The van der Waals surface area contributed by atoms with Crippen LogP contribution in [0.5, 0.6) is 0 Å². The van der Waals surface area contributed by atoms with Crippen molar-refractivity contribution < 1.29 is 4.79 Å². The number of carbonyl (C=O) groups is 1. The molecule has 0 aromatic rings. The quantitative estimate of drug-likeness (QED) is 0.323. The molecule has 0 bridgehead atoms. The molecule has 1 nitrogen and oxygen atoms in total. The summed E-state index contributed by atoms with van der Waals surface area (Å²) in [5.41, 5.74) is 0. The lowest BCUT2D eigenvalue weighted by molar-refractivity contribution is -0.114. The largest absolute Gasteiger partial charge is 0.295 e. The lowest BCUT2D eigenvalue weighted by atomic mass is 10.2. The van der Waals surface area contributed by atoms with Crippen molar-refractivity contribution in [2.75, 3.05) is 0 Å². The van der Waals surface area contributed by atoms with E-state index in [1.807, 2.05) is 0 Å². The lowest BCUT2D eigenvalue weighted by Crippen LogP contribution is -1.91. The molecule has 0 rings (SSSR count). The van der Waals surface area contributed by atoms with Crippen molar-refractivity contribution in [3.05, 3.63) is 12.7 Å². The van der Waals surface area contributed by atoms with E-state index in [0.717, 1.165) is 15.9 Å². The zero-order valence-electron chi connectivity index (χ0n) is 5.81. The molecule has 0 fully saturated rings. The standard InChI is InChI=1S/C7H12OSi/c1-3-7(8)5-4-6-9-2/h3H,1,4-6H2,2H3. The molecular weight excluding hydrogens is 128 g/mol. The molecule has 0 saturated carbocycles. The Morgan fingerprint density at radius 2 is 2.44 bits per heavy atom. The van der Waals surface area contributed by atoms with Gasteiger partial charge in [0.25, 0.3) is 0 Å². The first-order valence-electron chi connectivity index (χ1n) is 3.11. The summed E-state index contributed by atoms with van der Waals surface area (Å²) in [6, 6.07) is 1.18. The van der Waals surface area contributed by atoms with Crippen molar-refractivity contribution >= 4 is 15.3 Å². The highest BCUT2D eigenvalue weighted by molar-refractivity contribution is 6.33. The summed E-state index contributed by atoms with van der Waals surface area (Å²) in [5.74, 6) is 0.174.